The zero-order chi connectivity index (χ0) is 17.4. The molecular weight excluding hydrogens is 318 g/mol. The smallest absolute Gasteiger partial charge is 0.112 e. The first kappa shape index (κ1) is 19.1. The molecule has 0 bridgehead atoms. The van der Waals surface area contributed by atoms with Crippen molar-refractivity contribution in [3.8, 4) is 0 Å². The van der Waals surface area contributed by atoms with E-state index in [-0.39, 0.29) is 0 Å². The first-order valence-electron chi connectivity index (χ1n) is 8.64. The number of aryl methyl sites for hydroxylation is 1. The Balaban J connectivity index is 1.70. The average molecular weight is 348 g/mol. The summed E-state index contributed by atoms with van der Waals surface area (Å²) >= 11 is 1.40. The van der Waals surface area contributed by atoms with E-state index in [1.165, 1.54) is 42.6 Å². The van der Waals surface area contributed by atoms with E-state index in [4.69, 9.17) is 8.92 Å². The number of nitrogens with zero attached hydrogens (tertiary/aromatic N) is 1. The molecule has 3 nitrogen and oxygen atoms in total. The van der Waals surface area contributed by atoms with Gasteiger partial charge in [0.05, 0.1) is 12.4 Å². The Hall–Kier alpha value is -1.23. The lowest BCUT2D eigenvalue weighted by Crippen LogP contribution is -2.26. The van der Waals surface area contributed by atoms with E-state index < -0.39 is 0 Å². The van der Waals surface area contributed by atoms with Crippen LogP contribution in [0.15, 0.2) is 52.6 Å². The van der Waals surface area contributed by atoms with E-state index in [0.717, 1.165) is 10.7 Å². The molecule has 0 aromatic heterocycles. The lowest BCUT2D eigenvalue weighted by atomic mass is 10.0. The molecule has 4 heteroatoms. The summed E-state index contributed by atoms with van der Waals surface area (Å²) in [6.45, 7) is 8.52. The molecule has 0 saturated carbocycles. The highest BCUT2D eigenvalue weighted by atomic mass is 32.2. The van der Waals surface area contributed by atoms with Crippen molar-refractivity contribution >= 4 is 12.0 Å². The maximum Gasteiger partial charge on any atom is 0.112 e. The Bertz CT molecular complexity index is 566. The molecule has 1 aromatic rings. The van der Waals surface area contributed by atoms with Crippen LogP contribution in [0.4, 0.5) is 0 Å². The number of likely N-dealkylation sites (tertiary alicyclic amines) is 1. The van der Waals surface area contributed by atoms with Gasteiger partial charge in [0.2, 0.25) is 0 Å². The van der Waals surface area contributed by atoms with Crippen LogP contribution in [0.2, 0.25) is 0 Å². The van der Waals surface area contributed by atoms with Crippen molar-refractivity contribution in [2.75, 3.05) is 26.8 Å². The summed E-state index contributed by atoms with van der Waals surface area (Å²) in [4.78, 5) is 3.54. The summed E-state index contributed by atoms with van der Waals surface area (Å²) < 4.78 is 11.4. The van der Waals surface area contributed by atoms with Crippen LogP contribution in [0.3, 0.4) is 0 Å². The second-order valence-corrected chi connectivity index (χ2v) is 7.12. The molecule has 0 spiro atoms. The van der Waals surface area contributed by atoms with Gasteiger partial charge in [-0.2, -0.15) is 0 Å². The van der Waals surface area contributed by atoms with Gasteiger partial charge in [0, 0.05) is 23.0 Å². The molecule has 0 radical (unpaired) electrons. The standard InChI is InChI=1S/C20H29NO2S/c1-5-18(20-7-6-12-21(20)4)15-17(3)22-13-14-23-24-19-10-8-16(2)9-11-19/h5,8-11,15,20H,6-7,12-14H2,1-4H3/b17-15+,18-5+/t20-/m0/s1. The number of ether oxygens (including phenoxy) is 1. The van der Waals surface area contributed by atoms with Crippen molar-refractivity contribution in [1.29, 1.82) is 0 Å². The van der Waals surface area contributed by atoms with E-state index >= 15 is 0 Å². The van der Waals surface area contributed by atoms with Crippen LogP contribution in [0.5, 0.6) is 0 Å². The van der Waals surface area contributed by atoms with Crippen molar-refractivity contribution in [3.63, 3.8) is 0 Å². The van der Waals surface area contributed by atoms with Gasteiger partial charge in [0.1, 0.15) is 6.61 Å². The Morgan fingerprint density at radius 2 is 2.04 bits per heavy atom. The van der Waals surface area contributed by atoms with Gasteiger partial charge in [-0.3, -0.25) is 4.90 Å². The fourth-order valence-corrected chi connectivity index (χ4v) is 3.45. The van der Waals surface area contributed by atoms with E-state index in [0.29, 0.717) is 19.3 Å². The third-order valence-corrected chi connectivity index (χ3v) is 5.03. The van der Waals surface area contributed by atoms with Gasteiger partial charge in [-0.25, -0.2) is 0 Å². The normalized spacial score (nSPS) is 19.8. The van der Waals surface area contributed by atoms with Crippen molar-refractivity contribution < 1.29 is 8.92 Å². The molecule has 1 fully saturated rings. The Morgan fingerprint density at radius 3 is 2.67 bits per heavy atom. The van der Waals surface area contributed by atoms with Gasteiger partial charge in [0.25, 0.3) is 0 Å². The summed E-state index contributed by atoms with van der Waals surface area (Å²) in [6, 6.07) is 8.86. The van der Waals surface area contributed by atoms with Gasteiger partial charge in [0.15, 0.2) is 0 Å². The second kappa shape index (κ2) is 9.92. The fraction of sp³-hybridized carbons (Fsp3) is 0.500. The highest BCUT2D eigenvalue weighted by molar-refractivity contribution is 7.94. The average Bonchev–Trinajstić information content (AvgIpc) is 3.00. The predicted octanol–water partition coefficient (Wildman–Crippen LogP) is 4.98. The summed E-state index contributed by atoms with van der Waals surface area (Å²) in [6.07, 6.45) is 6.87. The van der Waals surface area contributed by atoms with E-state index in [2.05, 4.69) is 62.2 Å². The Morgan fingerprint density at radius 1 is 1.29 bits per heavy atom. The zero-order valence-electron chi connectivity index (χ0n) is 15.2. The molecule has 0 aliphatic carbocycles. The zero-order valence-corrected chi connectivity index (χ0v) is 16.1. The Labute approximate surface area is 150 Å². The molecule has 2 rings (SSSR count). The highest BCUT2D eigenvalue weighted by Crippen LogP contribution is 2.24. The molecule has 132 valence electrons. The summed E-state index contributed by atoms with van der Waals surface area (Å²) in [5.74, 6) is 0.951. The topological polar surface area (TPSA) is 21.7 Å². The van der Waals surface area contributed by atoms with Gasteiger partial charge < -0.3 is 8.92 Å². The lowest BCUT2D eigenvalue weighted by Gasteiger charge is -2.21. The first-order valence-corrected chi connectivity index (χ1v) is 9.38. The van der Waals surface area contributed by atoms with Gasteiger partial charge in [-0.1, -0.05) is 23.8 Å². The van der Waals surface area contributed by atoms with Crippen LogP contribution in [-0.2, 0) is 8.92 Å². The summed E-state index contributed by atoms with van der Waals surface area (Å²) in [5, 5.41) is 0. The van der Waals surface area contributed by atoms with Crippen LogP contribution >= 0.6 is 12.0 Å². The third kappa shape index (κ3) is 6.00. The molecule has 1 saturated heterocycles. The largest absolute Gasteiger partial charge is 0.496 e. The van der Waals surface area contributed by atoms with Crippen molar-refractivity contribution in [1.82, 2.24) is 4.90 Å². The van der Waals surface area contributed by atoms with Crippen LogP contribution in [-0.4, -0.2) is 37.7 Å². The van der Waals surface area contributed by atoms with E-state index in [9.17, 15) is 0 Å². The summed E-state index contributed by atoms with van der Waals surface area (Å²) in [5.41, 5.74) is 2.61. The molecular formula is C20H29NO2S. The number of allylic oxidation sites excluding steroid dienone is 2. The SMILES string of the molecule is C/C=C(\C=C(/C)OCCOSc1ccc(C)cc1)[C@@H]1CCCN1C. The molecule has 0 amide bonds. The van der Waals surface area contributed by atoms with Crippen molar-refractivity contribution in [2.45, 2.75) is 44.6 Å². The fourth-order valence-electron chi connectivity index (χ4n) is 2.92. The monoisotopic (exact) mass is 347 g/mol. The number of rotatable bonds is 8. The van der Waals surface area contributed by atoms with Crippen LogP contribution in [0.25, 0.3) is 0 Å². The van der Waals surface area contributed by atoms with Crippen LogP contribution in [0, 0.1) is 6.92 Å². The van der Waals surface area contributed by atoms with Crippen LogP contribution in [0.1, 0.15) is 32.3 Å². The summed E-state index contributed by atoms with van der Waals surface area (Å²) in [7, 11) is 2.20. The van der Waals surface area contributed by atoms with Crippen molar-refractivity contribution in [3.05, 3.63) is 53.3 Å². The first-order chi connectivity index (χ1) is 11.6. The molecule has 0 N–H and O–H groups in total. The molecule has 1 atom stereocenters. The number of likely N-dealkylation sites (N-methyl/N-ethyl adjacent to an activating group) is 1. The number of hydrogen-bond donors (Lipinski definition) is 0. The number of hydrogen-bond acceptors (Lipinski definition) is 4. The quantitative estimate of drug-likeness (QED) is 0.286. The van der Waals surface area contributed by atoms with Crippen LogP contribution < -0.4 is 0 Å². The third-order valence-electron chi connectivity index (χ3n) is 4.28. The number of benzene rings is 1. The Kier molecular flexibility index (Phi) is 7.89. The predicted molar refractivity (Wildman–Crippen MR) is 102 cm³/mol. The molecule has 1 aliphatic heterocycles. The second-order valence-electron chi connectivity index (χ2n) is 6.25. The molecule has 0 unspecified atom stereocenters. The van der Waals surface area contributed by atoms with E-state index in [1.807, 2.05) is 6.92 Å². The van der Waals surface area contributed by atoms with E-state index in [1.54, 1.807) is 0 Å². The van der Waals surface area contributed by atoms with Gasteiger partial charge in [-0.15, -0.1) is 0 Å². The maximum atomic E-state index is 5.79. The molecule has 1 aromatic carbocycles. The highest BCUT2D eigenvalue weighted by Gasteiger charge is 2.23. The minimum absolute atomic E-state index is 0.530. The minimum Gasteiger partial charge on any atom is -0.496 e. The molecule has 24 heavy (non-hydrogen) atoms. The van der Waals surface area contributed by atoms with Gasteiger partial charge in [-0.05, 0) is 71.0 Å². The maximum absolute atomic E-state index is 5.79. The molecule has 1 heterocycles. The minimum atomic E-state index is 0.530. The molecule has 1 aliphatic rings. The van der Waals surface area contributed by atoms with Crippen molar-refractivity contribution in [2.24, 2.45) is 0 Å². The lowest BCUT2D eigenvalue weighted by molar-refractivity contribution is 0.169. The van der Waals surface area contributed by atoms with Gasteiger partial charge >= 0.3 is 0 Å².